The van der Waals surface area contributed by atoms with Gasteiger partial charge in [0.25, 0.3) is 0 Å². The molecule has 2 heterocycles. The Balaban J connectivity index is 0.000000234. The van der Waals surface area contributed by atoms with Crippen molar-refractivity contribution in [1.82, 2.24) is 21.3 Å². The molecule has 0 spiro atoms. The molecule has 10 nitrogen and oxygen atoms in total. The van der Waals surface area contributed by atoms with Gasteiger partial charge in [-0.3, -0.25) is 40.4 Å². The van der Waals surface area contributed by atoms with E-state index in [2.05, 4.69) is 21.3 Å². The molecule has 178 valence electrons. The maximum absolute atomic E-state index is 12.0. The van der Waals surface area contributed by atoms with E-state index in [0.29, 0.717) is 30.7 Å². The standard InChI is InChI=1S/C12H12N2O3.C11H18N2O3/c1-2-12(8-6-4-3-5-7-8)9(15)13-11(17)14-10(12)16;1-4-11(6-5-7(2)3)8(14)12-10(16)13-9(11)15/h3-7H,2H2,1H3,(H2,13,14,15,16,17);7H,4-6H2,1-3H3,(H2,12,13,14,15,16). The lowest BCUT2D eigenvalue weighted by Crippen LogP contribution is -2.64. The number of carbonyl (C=O) groups is 6. The maximum atomic E-state index is 12.0. The number of hydrogen-bond donors (Lipinski definition) is 4. The number of benzene rings is 1. The van der Waals surface area contributed by atoms with Crippen LogP contribution in [0.25, 0.3) is 0 Å². The van der Waals surface area contributed by atoms with Gasteiger partial charge in [-0.25, -0.2) is 9.59 Å². The first-order valence-electron chi connectivity index (χ1n) is 10.9. The molecule has 1 aromatic carbocycles. The highest BCUT2D eigenvalue weighted by Crippen LogP contribution is 2.32. The molecule has 3 rings (SSSR count). The lowest BCUT2D eigenvalue weighted by molar-refractivity contribution is -0.145. The van der Waals surface area contributed by atoms with Gasteiger partial charge in [0.1, 0.15) is 5.41 Å². The van der Waals surface area contributed by atoms with Crippen LogP contribution in [0, 0.1) is 11.3 Å². The molecule has 2 fully saturated rings. The third-order valence-electron chi connectivity index (χ3n) is 6.10. The summed E-state index contributed by atoms with van der Waals surface area (Å²) >= 11 is 0. The molecular weight excluding hydrogens is 428 g/mol. The zero-order valence-corrected chi connectivity index (χ0v) is 19.2. The Morgan fingerprint density at radius 1 is 0.697 bits per heavy atom. The van der Waals surface area contributed by atoms with Crippen LogP contribution in [-0.2, 0) is 24.6 Å². The SMILES string of the molecule is CCC1(CCC(C)C)C(=O)NC(=O)NC1=O.CCC1(c2ccccc2)C(=O)NC(=O)NC1=O. The van der Waals surface area contributed by atoms with Gasteiger partial charge in [0.15, 0.2) is 5.41 Å². The van der Waals surface area contributed by atoms with E-state index in [9.17, 15) is 28.8 Å². The predicted molar refractivity (Wildman–Crippen MR) is 119 cm³/mol. The molecule has 0 aliphatic carbocycles. The average molecular weight is 459 g/mol. The van der Waals surface area contributed by atoms with Gasteiger partial charge in [-0.05, 0) is 37.2 Å². The first-order chi connectivity index (χ1) is 15.5. The monoisotopic (exact) mass is 458 g/mol. The molecule has 0 bridgehead atoms. The van der Waals surface area contributed by atoms with Gasteiger partial charge in [-0.1, -0.05) is 58.0 Å². The first kappa shape index (κ1) is 25.7. The number of barbiturate groups is 2. The van der Waals surface area contributed by atoms with Gasteiger partial charge < -0.3 is 0 Å². The molecule has 0 unspecified atom stereocenters. The summed E-state index contributed by atoms with van der Waals surface area (Å²) in [5.74, 6) is -1.66. The minimum atomic E-state index is -1.31. The number of imide groups is 4. The number of hydrogen-bond acceptors (Lipinski definition) is 6. The van der Waals surface area contributed by atoms with Crippen molar-refractivity contribution in [2.45, 2.75) is 58.8 Å². The lowest BCUT2D eigenvalue weighted by atomic mass is 9.75. The van der Waals surface area contributed by atoms with Gasteiger partial charge in [0.05, 0.1) is 0 Å². The summed E-state index contributed by atoms with van der Waals surface area (Å²) < 4.78 is 0. The molecule has 8 amide bonds. The maximum Gasteiger partial charge on any atom is 0.328 e. The van der Waals surface area contributed by atoms with Crippen molar-refractivity contribution in [3.63, 3.8) is 0 Å². The fourth-order valence-corrected chi connectivity index (χ4v) is 3.90. The summed E-state index contributed by atoms with van der Waals surface area (Å²) in [5.41, 5.74) is -1.79. The van der Waals surface area contributed by atoms with Gasteiger partial charge in [-0.2, -0.15) is 0 Å². The molecule has 2 aliphatic rings. The molecule has 2 saturated heterocycles. The van der Waals surface area contributed by atoms with Crippen molar-refractivity contribution in [1.29, 1.82) is 0 Å². The summed E-state index contributed by atoms with van der Waals surface area (Å²) in [7, 11) is 0. The largest absolute Gasteiger partial charge is 0.328 e. The summed E-state index contributed by atoms with van der Waals surface area (Å²) in [6.45, 7) is 7.59. The molecular formula is C23H30N4O6. The number of nitrogens with one attached hydrogen (secondary N) is 4. The van der Waals surface area contributed by atoms with Gasteiger partial charge in [-0.15, -0.1) is 0 Å². The molecule has 0 saturated carbocycles. The smallest absolute Gasteiger partial charge is 0.277 e. The number of urea groups is 2. The topological polar surface area (TPSA) is 151 Å². The predicted octanol–water partition coefficient (Wildman–Crippen LogP) is 1.89. The number of carbonyl (C=O) groups excluding carboxylic acids is 6. The molecule has 2 aliphatic heterocycles. The average Bonchev–Trinajstić information content (AvgIpc) is 2.75. The van der Waals surface area contributed by atoms with Crippen LogP contribution in [0.3, 0.4) is 0 Å². The van der Waals surface area contributed by atoms with Gasteiger partial charge in [0.2, 0.25) is 23.6 Å². The van der Waals surface area contributed by atoms with E-state index in [1.54, 1.807) is 44.2 Å². The Morgan fingerprint density at radius 3 is 1.55 bits per heavy atom. The van der Waals surface area contributed by atoms with Crippen LogP contribution in [0.15, 0.2) is 30.3 Å². The Morgan fingerprint density at radius 2 is 1.15 bits per heavy atom. The summed E-state index contributed by atoms with van der Waals surface area (Å²) in [6.07, 6.45) is 1.96. The normalized spacial score (nSPS) is 19.1. The van der Waals surface area contributed by atoms with Crippen molar-refractivity contribution in [3.05, 3.63) is 35.9 Å². The lowest BCUT2D eigenvalue weighted by Gasteiger charge is -2.33. The first-order valence-corrected chi connectivity index (χ1v) is 10.9. The summed E-state index contributed by atoms with van der Waals surface area (Å²) in [5, 5.41) is 8.61. The molecule has 1 aromatic rings. The van der Waals surface area contributed by atoms with E-state index in [4.69, 9.17) is 0 Å². The zero-order valence-electron chi connectivity index (χ0n) is 19.2. The molecule has 0 radical (unpaired) electrons. The Hall–Kier alpha value is -3.56. The van der Waals surface area contributed by atoms with E-state index < -0.39 is 46.5 Å². The van der Waals surface area contributed by atoms with Crippen LogP contribution >= 0.6 is 0 Å². The van der Waals surface area contributed by atoms with E-state index in [-0.39, 0.29) is 0 Å². The van der Waals surface area contributed by atoms with E-state index in [1.165, 1.54) is 0 Å². The van der Waals surface area contributed by atoms with Crippen molar-refractivity contribution >= 4 is 35.7 Å². The van der Waals surface area contributed by atoms with Crippen LogP contribution in [-0.4, -0.2) is 35.7 Å². The third-order valence-corrected chi connectivity index (χ3v) is 6.10. The van der Waals surface area contributed by atoms with Crippen molar-refractivity contribution in [2.24, 2.45) is 11.3 Å². The van der Waals surface area contributed by atoms with Crippen LogP contribution < -0.4 is 21.3 Å². The number of rotatable bonds is 6. The second-order valence-corrected chi connectivity index (χ2v) is 8.47. The highest BCUT2D eigenvalue weighted by molar-refractivity contribution is 6.23. The van der Waals surface area contributed by atoms with E-state index in [1.807, 2.05) is 13.8 Å². The Kier molecular flexibility index (Phi) is 8.08. The second-order valence-electron chi connectivity index (χ2n) is 8.47. The number of amides is 8. The van der Waals surface area contributed by atoms with Crippen LogP contribution in [0.2, 0.25) is 0 Å². The van der Waals surface area contributed by atoms with Gasteiger partial charge >= 0.3 is 12.1 Å². The minimum Gasteiger partial charge on any atom is -0.277 e. The Bertz CT molecular complexity index is 917. The second kappa shape index (κ2) is 10.4. The Labute approximate surface area is 192 Å². The van der Waals surface area contributed by atoms with Crippen LogP contribution in [0.4, 0.5) is 9.59 Å². The fourth-order valence-electron chi connectivity index (χ4n) is 3.90. The van der Waals surface area contributed by atoms with Gasteiger partial charge in [0, 0.05) is 0 Å². The summed E-state index contributed by atoms with van der Waals surface area (Å²) in [4.78, 5) is 69.5. The van der Waals surface area contributed by atoms with Crippen LogP contribution in [0.1, 0.15) is 58.9 Å². The molecule has 0 atom stereocenters. The fraction of sp³-hybridized carbons (Fsp3) is 0.478. The molecule has 10 heteroatoms. The highest BCUT2D eigenvalue weighted by Gasteiger charge is 2.50. The van der Waals surface area contributed by atoms with E-state index in [0.717, 1.165) is 6.42 Å². The highest BCUT2D eigenvalue weighted by atomic mass is 16.2. The van der Waals surface area contributed by atoms with Crippen molar-refractivity contribution in [3.8, 4) is 0 Å². The summed E-state index contributed by atoms with van der Waals surface area (Å²) in [6, 6.07) is 7.24. The molecule has 0 aromatic heterocycles. The third kappa shape index (κ3) is 5.10. The zero-order chi connectivity index (χ0) is 24.8. The van der Waals surface area contributed by atoms with E-state index >= 15 is 0 Å². The minimum absolute atomic E-state index is 0.294. The van der Waals surface area contributed by atoms with Crippen molar-refractivity contribution < 1.29 is 28.8 Å². The molecule has 4 N–H and O–H groups in total. The quantitative estimate of drug-likeness (QED) is 0.478. The van der Waals surface area contributed by atoms with Crippen LogP contribution in [0.5, 0.6) is 0 Å². The molecule has 33 heavy (non-hydrogen) atoms. The van der Waals surface area contributed by atoms with Crippen molar-refractivity contribution in [2.75, 3.05) is 0 Å².